The van der Waals surface area contributed by atoms with Gasteiger partial charge < -0.3 is 19.6 Å². The number of amides is 1. The number of aliphatic hydroxyl groups is 1. The second kappa shape index (κ2) is 8.41. The number of rotatable bonds is 5. The number of carbonyl (C=O) groups excluding carboxylic acids is 2. The van der Waals surface area contributed by atoms with Crippen molar-refractivity contribution in [2.45, 2.75) is 25.8 Å². The van der Waals surface area contributed by atoms with Gasteiger partial charge in [-0.05, 0) is 30.7 Å². The molecule has 0 aliphatic carbocycles. The van der Waals surface area contributed by atoms with Gasteiger partial charge in [-0.15, -0.1) is 0 Å². The van der Waals surface area contributed by atoms with Crippen molar-refractivity contribution in [2.75, 3.05) is 31.6 Å². The topological polar surface area (TPSA) is 70.1 Å². The molecule has 0 bridgehead atoms. The van der Waals surface area contributed by atoms with Gasteiger partial charge in [-0.2, -0.15) is 0 Å². The highest BCUT2D eigenvalue weighted by Crippen LogP contribution is 2.41. The highest BCUT2D eigenvalue weighted by atomic mass is 19.1. The molecule has 0 spiro atoms. The van der Waals surface area contributed by atoms with Gasteiger partial charge in [-0.1, -0.05) is 31.5 Å². The number of ether oxygens (including phenoxy) is 1. The predicted molar refractivity (Wildman–Crippen MR) is 116 cm³/mol. The van der Waals surface area contributed by atoms with Crippen molar-refractivity contribution in [2.24, 2.45) is 0 Å². The van der Waals surface area contributed by atoms with Gasteiger partial charge >= 0.3 is 0 Å². The fourth-order valence-electron chi connectivity index (χ4n) is 4.11. The maximum atomic E-state index is 14.7. The van der Waals surface area contributed by atoms with Gasteiger partial charge in [0, 0.05) is 24.7 Å². The van der Waals surface area contributed by atoms with Crippen LogP contribution in [0.3, 0.4) is 0 Å². The number of unbranched alkanes of at least 4 members (excludes halogenated alkanes) is 1. The smallest absolute Gasteiger partial charge is 0.295 e. The van der Waals surface area contributed by atoms with Gasteiger partial charge in [-0.3, -0.25) is 9.59 Å². The standard InChI is InChI=1S/C24H25FN2O4/c1-3-4-11-27-21(16-7-5-6-8-17(16)25)20(23(29)24(27)30)22(28)15-9-10-19-18(14-15)26(2)12-13-31-19/h5-10,14,21,28H,3-4,11-13H2,1-2H3/b22-20+. The summed E-state index contributed by atoms with van der Waals surface area (Å²) in [6.45, 7) is 3.52. The van der Waals surface area contributed by atoms with Crippen LogP contribution >= 0.6 is 0 Å². The van der Waals surface area contributed by atoms with E-state index in [1.165, 1.54) is 11.0 Å². The molecular weight excluding hydrogens is 399 g/mol. The van der Waals surface area contributed by atoms with Crippen molar-refractivity contribution in [1.29, 1.82) is 0 Å². The number of benzene rings is 2. The Morgan fingerprint density at radius 2 is 2.00 bits per heavy atom. The van der Waals surface area contributed by atoms with Crippen LogP contribution in [0.2, 0.25) is 0 Å². The number of ketones is 1. The molecule has 0 radical (unpaired) electrons. The predicted octanol–water partition coefficient (Wildman–Crippen LogP) is 3.88. The number of hydrogen-bond donors (Lipinski definition) is 1. The molecule has 0 aromatic heterocycles. The SMILES string of the molecule is CCCCN1C(=O)C(=O)/C(=C(/O)c2ccc3c(c2)N(C)CCO3)C1c1ccccc1F. The molecule has 2 aliphatic rings. The van der Waals surface area contributed by atoms with Crippen LogP contribution in [0.25, 0.3) is 5.76 Å². The number of likely N-dealkylation sites (N-methyl/N-ethyl adjacent to an activating group) is 1. The molecule has 7 heteroatoms. The van der Waals surface area contributed by atoms with Crippen molar-refractivity contribution < 1.29 is 23.8 Å². The molecule has 1 amide bonds. The van der Waals surface area contributed by atoms with Crippen molar-refractivity contribution in [3.8, 4) is 5.75 Å². The average molecular weight is 424 g/mol. The maximum Gasteiger partial charge on any atom is 0.295 e. The zero-order chi connectivity index (χ0) is 22.1. The number of nitrogens with zero attached hydrogens (tertiary/aromatic N) is 2. The summed E-state index contributed by atoms with van der Waals surface area (Å²) in [7, 11) is 1.91. The van der Waals surface area contributed by atoms with Crippen molar-refractivity contribution in [3.05, 3.63) is 65.0 Å². The summed E-state index contributed by atoms with van der Waals surface area (Å²) in [5, 5.41) is 11.2. The van der Waals surface area contributed by atoms with Gasteiger partial charge in [0.25, 0.3) is 11.7 Å². The van der Waals surface area contributed by atoms with E-state index >= 15 is 0 Å². The second-order valence-corrected chi connectivity index (χ2v) is 7.82. The van der Waals surface area contributed by atoms with Crippen LogP contribution in [0.5, 0.6) is 5.75 Å². The molecule has 1 unspecified atom stereocenters. The number of halogens is 1. The lowest BCUT2D eigenvalue weighted by atomic mass is 9.94. The van der Waals surface area contributed by atoms with E-state index in [2.05, 4.69) is 0 Å². The summed E-state index contributed by atoms with van der Waals surface area (Å²) >= 11 is 0. The van der Waals surface area contributed by atoms with Gasteiger partial charge in [0.1, 0.15) is 23.9 Å². The van der Waals surface area contributed by atoms with Crippen LogP contribution in [0.1, 0.15) is 36.9 Å². The van der Waals surface area contributed by atoms with Crippen LogP contribution in [-0.2, 0) is 9.59 Å². The summed E-state index contributed by atoms with van der Waals surface area (Å²) in [5.74, 6) is -1.68. The molecule has 2 aromatic carbocycles. The molecule has 1 atom stereocenters. The molecule has 1 saturated heterocycles. The Morgan fingerprint density at radius 1 is 1.23 bits per heavy atom. The zero-order valence-corrected chi connectivity index (χ0v) is 17.6. The zero-order valence-electron chi connectivity index (χ0n) is 17.6. The van der Waals surface area contributed by atoms with Crippen LogP contribution in [0, 0.1) is 5.82 Å². The molecule has 0 saturated carbocycles. The molecule has 2 aromatic rings. The molecule has 31 heavy (non-hydrogen) atoms. The first kappa shape index (κ1) is 20.9. The summed E-state index contributed by atoms with van der Waals surface area (Å²) in [6, 6.07) is 10.2. The highest BCUT2D eigenvalue weighted by molar-refractivity contribution is 6.46. The van der Waals surface area contributed by atoms with E-state index in [0.29, 0.717) is 37.4 Å². The molecule has 2 heterocycles. The quantitative estimate of drug-likeness (QED) is 0.448. The van der Waals surface area contributed by atoms with E-state index in [4.69, 9.17) is 4.74 Å². The third kappa shape index (κ3) is 3.65. The van der Waals surface area contributed by atoms with Crippen LogP contribution in [0.4, 0.5) is 10.1 Å². The van der Waals surface area contributed by atoms with Gasteiger partial charge in [0.2, 0.25) is 0 Å². The van der Waals surface area contributed by atoms with Crippen molar-refractivity contribution >= 4 is 23.1 Å². The number of hydrogen-bond acceptors (Lipinski definition) is 5. The molecule has 1 fully saturated rings. The Hall–Kier alpha value is -3.35. The van der Waals surface area contributed by atoms with E-state index in [9.17, 15) is 19.1 Å². The summed E-state index contributed by atoms with van der Waals surface area (Å²) < 4.78 is 20.4. The summed E-state index contributed by atoms with van der Waals surface area (Å²) in [4.78, 5) is 29.1. The summed E-state index contributed by atoms with van der Waals surface area (Å²) in [6.07, 6.45) is 1.48. The summed E-state index contributed by atoms with van der Waals surface area (Å²) in [5.41, 5.74) is 1.26. The number of fused-ring (bicyclic) bond motifs is 1. The average Bonchev–Trinajstić information content (AvgIpc) is 3.02. The molecule has 2 aliphatic heterocycles. The Bertz CT molecular complexity index is 1070. The first-order chi connectivity index (χ1) is 14.9. The van der Waals surface area contributed by atoms with E-state index in [-0.39, 0.29) is 16.9 Å². The molecule has 6 nitrogen and oxygen atoms in total. The van der Waals surface area contributed by atoms with E-state index in [0.717, 1.165) is 12.1 Å². The molecule has 4 rings (SSSR count). The lowest BCUT2D eigenvalue weighted by Crippen LogP contribution is -2.31. The second-order valence-electron chi connectivity index (χ2n) is 7.82. The van der Waals surface area contributed by atoms with Crippen molar-refractivity contribution in [1.82, 2.24) is 4.90 Å². The molecular formula is C24H25FN2O4. The first-order valence-corrected chi connectivity index (χ1v) is 10.4. The number of Topliss-reactive ketones (excluding diaryl/α,β-unsaturated/α-hetero) is 1. The molecule has 1 N–H and O–H groups in total. The highest BCUT2D eigenvalue weighted by Gasteiger charge is 2.46. The minimum absolute atomic E-state index is 0.0921. The minimum atomic E-state index is -0.974. The monoisotopic (exact) mass is 424 g/mol. The van der Waals surface area contributed by atoms with E-state index in [1.54, 1.807) is 36.4 Å². The van der Waals surface area contributed by atoms with Gasteiger partial charge in [0.05, 0.1) is 23.8 Å². The number of anilines is 1. The van der Waals surface area contributed by atoms with Crippen LogP contribution < -0.4 is 9.64 Å². The van der Waals surface area contributed by atoms with Gasteiger partial charge in [-0.25, -0.2) is 4.39 Å². The van der Waals surface area contributed by atoms with Crippen molar-refractivity contribution in [3.63, 3.8) is 0 Å². The minimum Gasteiger partial charge on any atom is -0.507 e. The molecule has 162 valence electrons. The van der Waals surface area contributed by atoms with Crippen LogP contribution in [-0.4, -0.2) is 48.4 Å². The third-order valence-electron chi connectivity index (χ3n) is 5.82. The normalized spacial score (nSPS) is 20.0. The Kier molecular flexibility index (Phi) is 5.67. The Morgan fingerprint density at radius 3 is 2.74 bits per heavy atom. The lowest BCUT2D eigenvalue weighted by Gasteiger charge is -2.28. The first-order valence-electron chi connectivity index (χ1n) is 10.4. The van der Waals surface area contributed by atoms with Gasteiger partial charge in [0.15, 0.2) is 0 Å². The number of carbonyl (C=O) groups is 2. The Labute approximate surface area is 180 Å². The Balaban J connectivity index is 1.86. The fraction of sp³-hybridized carbons (Fsp3) is 0.333. The number of aliphatic hydroxyl groups excluding tert-OH is 1. The largest absolute Gasteiger partial charge is 0.507 e. The third-order valence-corrected chi connectivity index (χ3v) is 5.82. The van der Waals surface area contributed by atoms with Crippen LogP contribution in [0.15, 0.2) is 48.0 Å². The van der Waals surface area contributed by atoms with E-state index < -0.39 is 23.5 Å². The fourth-order valence-corrected chi connectivity index (χ4v) is 4.11. The van der Waals surface area contributed by atoms with E-state index in [1.807, 2.05) is 18.9 Å². The lowest BCUT2D eigenvalue weighted by molar-refractivity contribution is -0.139. The number of likely N-dealkylation sites (tertiary alicyclic amines) is 1. The maximum absolute atomic E-state index is 14.7.